The molecule has 1 saturated heterocycles. The molecule has 2 heterocycles. The number of nitrogens with zero attached hydrogens (tertiary/aromatic N) is 4. The second-order valence-electron chi connectivity index (χ2n) is 8.40. The number of benzene rings is 2. The molecule has 2 amide bonds. The van der Waals surface area contributed by atoms with Gasteiger partial charge in [-0.3, -0.25) is 0 Å². The molecule has 0 aliphatic carbocycles. The van der Waals surface area contributed by atoms with Crippen molar-refractivity contribution in [2.24, 2.45) is 0 Å². The molecule has 1 fully saturated rings. The fourth-order valence-corrected chi connectivity index (χ4v) is 4.14. The molecular weight excluding hydrogens is 430 g/mol. The number of hydrogen-bond acceptors (Lipinski definition) is 6. The van der Waals surface area contributed by atoms with Crippen LogP contribution in [0.5, 0.6) is 17.4 Å². The van der Waals surface area contributed by atoms with Crippen molar-refractivity contribution in [3.63, 3.8) is 0 Å². The molecule has 0 saturated carbocycles. The summed E-state index contributed by atoms with van der Waals surface area (Å²) in [5.74, 6) is 2.45. The number of nitrogens with one attached hydrogen (secondary N) is 1. The van der Waals surface area contributed by atoms with Crippen LogP contribution in [0.1, 0.15) is 25.0 Å². The van der Waals surface area contributed by atoms with E-state index in [2.05, 4.69) is 27.1 Å². The van der Waals surface area contributed by atoms with E-state index in [1.165, 1.54) is 6.33 Å². The number of carbonyl (C=O) groups excluding carboxylic acids is 1. The van der Waals surface area contributed by atoms with E-state index in [9.17, 15) is 4.79 Å². The van der Waals surface area contributed by atoms with Gasteiger partial charge in [0.1, 0.15) is 12.1 Å². The van der Waals surface area contributed by atoms with E-state index in [0.717, 1.165) is 29.1 Å². The van der Waals surface area contributed by atoms with Crippen molar-refractivity contribution in [3.8, 4) is 17.4 Å². The lowest BCUT2D eigenvalue weighted by Gasteiger charge is -2.40. The maximum Gasteiger partial charge on any atom is 0.322 e. The fraction of sp³-hybridized carbons (Fsp3) is 0.346. The van der Waals surface area contributed by atoms with Crippen molar-refractivity contribution < 1.29 is 14.3 Å². The number of hydrogen-bond donors (Lipinski definition) is 1. The number of carbonyl (C=O) groups is 1. The molecule has 178 valence electrons. The highest BCUT2D eigenvalue weighted by Crippen LogP contribution is 2.32. The molecule has 1 N–H and O–H groups in total. The fourth-order valence-electron chi connectivity index (χ4n) is 4.14. The predicted molar refractivity (Wildman–Crippen MR) is 133 cm³/mol. The van der Waals surface area contributed by atoms with Crippen LogP contribution in [0, 0.1) is 6.92 Å². The number of amides is 2. The molecule has 0 bridgehead atoms. The van der Waals surface area contributed by atoms with Gasteiger partial charge >= 0.3 is 6.03 Å². The van der Waals surface area contributed by atoms with E-state index in [1.807, 2.05) is 67.3 Å². The maximum absolute atomic E-state index is 13.0. The summed E-state index contributed by atoms with van der Waals surface area (Å²) in [4.78, 5) is 25.7. The molecule has 1 atom stereocenters. The summed E-state index contributed by atoms with van der Waals surface area (Å²) < 4.78 is 11.4. The number of anilines is 2. The smallest absolute Gasteiger partial charge is 0.322 e. The molecule has 1 aliphatic rings. The van der Waals surface area contributed by atoms with Crippen molar-refractivity contribution in [1.82, 2.24) is 14.9 Å². The van der Waals surface area contributed by atoms with Gasteiger partial charge in [-0.05, 0) is 49.6 Å². The average Bonchev–Trinajstić information content (AvgIpc) is 2.85. The van der Waals surface area contributed by atoms with Gasteiger partial charge < -0.3 is 24.6 Å². The highest BCUT2D eigenvalue weighted by molar-refractivity contribution is 5.90. The predicted octanol–water partition coefficient (Wildman–Crippen LogP) is 4.89. The molecular formula is C26H31N5O3. The molecule has 0 radical (unpaired) electrons. The van der Waals surface area contributed by atoms with E-state index in [0.29, 0.717) is 37.0 Å². The normalized spacial score (nSPS) is 15.7. The third-order valence-corrected chi connectivity index (χ3v) is 6.01. The monoisotopic (exact) mass is 461 g/mol. The molecule has 1 unspecified atom stereocenters. The first-order valence-corrected chi connectivity index (χ1v) is 11.5. The number of ether oxygens (including phenoxy) is 2. The first-order chi connectivity index (χ1) is 16.5. The van der Waals surface area contributed by atoms with Crippen molar-refractivity contribution in [2.45, 2.75) is 33.2 Å². The van der Waals surface area contributed by atoms with Gasteiger partial charge in [0, 0.05) is 37.4 Å². The Morgan fingerprint density at radius 2 is 1.94 bits per heavy atom. The molecule has 34 heavy (non-hydrogen) atoms. The Morgan fingerprint density at radius 3 is 2.71 bits per heavy atom. The summed E-state index contributed by atoms with van der Waals surface area (Å²) >= 11 is 0. The minimum Gasteiger partial charge on any atom is -0.493 e. The van der Waals surface area contributed by atoms with E-state index in [-0.39, 0.29) is 12.1 Å². The molecule has 8 heteroatoms. The number of aryl methyl sites for hydroxylation is 2. The van der Waals surface area contributed by atoms with E-state index < -0.39 is 0 Å². The van der Waals surface area contributed by atoms with Gasteiger partial charge in [0.05, 0.1) is 7.11 Å². The summed E-state index contributed by atoms with van der Waals surface area (Å²) in [6.07, 6.45) is 2.36. The number of para-hydroxylation sites is 1. The first-order valence-electron chi connectivity index (χ1n) is 11.5. The Hall–Kier alpha value is -3.81. The van der Waals surface area contributed by atoms with Gasteiger partial charge in [-0.15, -0.1) is 0 Å². The van der Waals surface area contributed by atoms with Gasteiger partial charge in [-0.25, -0.2) is 14.8 Å². The topological polar surface area (TPSA) is 79.8 Å². The van der Waals surface area contributed by atoms with E-state index in [4.69, 9.17) is 9.47 Å². The molecule has 2 aromatic carbocycles. The molecule has 1 aliphatic heterocycles. The third-order valence-electron chi connectivity index (χ3n) is 6.01. The lowest BCUT2D eigenvalue weighted by Crippen LogP contribution is -2.55. The zero-order valence-electron chi connectivity index (χ0n) is 20.1. The Morgan fingerprint density at radius 1 is 1.12 bits per heavy atom. The van der Waals surface area contributed by atoms with Crippen LogP contribution in [-0.4, -0.2) is 53.7 Å². The van der Waals surface area contributed by atoms with Crippen molar-refractivity contribution in [3.05, 3.63) is 66.0 Å². The van der Waals surface area contributed by atoms with Crippen molar-refractivity contribution >= 4 is 17.5 Å². The summed E-state index contributed by atoms with van der Waals surface area (Å²) in [6, 6.07) is 15.4. The average molecular weight is 462 g/mol. The lowest BCUT2D eigenvalue weighted by atomic mass is 10.1. The van der Waals surface area contributed by atoms with Crippen LogP contribution < -0.4 is 19.7 Å². The zero-order chi connectivity index (χ0) is 24.1. The Kier molecular flexibility index (Phi) is 7.15. The quantitative estimate of drug-likeness (QED) is 0.563. The second kappa shape index (κ2) is 10.4. The standard InChI is InChI=1S/C26H31N5O3/c1-5-20-8-6-7-9-21(20)29-26(32)31-13-12-30(16-19(31)3)24-15-25(28-17-27-24)34-22-11-10-18(2)14-23(22)33-4/h6-11,14-15,17,19H,5,12-13,16H2,1-4H3,(H,29,32). The number of aromatic nitrogens is 2. The zero-order valence-corrected chi connectivity index (χ0v) is 20.1. The summed E-state index contributed by atoms with van der Waals surface area (Å²) in [7, 11) is 1.62. The second-order valence-corrected chi connectivity index (χ2v) is 8.40. The van der Waals surface area contributed by atoms with Crippen LogP contribution in [-0.2, 0) is 6.42 Å². The van der Waals surface area contributed by atoms with Crippen LogP contribution in [0.4, 0.5) is 16.3 Å². The lowest BCUT2D eigenvalue weighted by molar-refractivity contribution is 0.184. The highest BCUT2D eigenvalue weighted by Gasteiger charge is 2.28. The van der Waals surface area contributed by atoms with Gasteiger partial charge in [0.25, 0.3) is 0 Å². The number of methoxy groups -OCH3 is 1. The van der Waals surface area contributed by atoms with Gasteiger partial charge in [0.15, 0.2) is 11.5 Å². The number of urea groups is 1. The first kappa shape index (κ1) is 23.4. The SMILES string of the molecule is CCc1ccccc1NC(=O)N1CCN(c2cc(Oc3ccc(C)cc3OC)ncn2)CC1C. The van der Waals surface area contributed by atoms with Crippen LogP contribution in [0.15, 0.2) is 54.9 Å². The van der Waals surface area contributed by atoms with Gasteiger partial charge in [-0.1, -0.05) is 31.2 Å². The molecule has 8 nitrogen and oxygen atoms in total. The number of piperazine rings is 1. The van der Waals surface area contributed by atoms with E-state index in [1.54, 1.807) is 7.11 Å². The summed E-state index contributed by atoms with van der Waals surface area (Å²) in [6.45, 7) is 8.05. The minimum atomic E-state index is -0.0776. The minimum absolute atomic E-state index is 0.0130. The van der Waals surface area contributed by atoms with Crippen LogP contribution in [0.25, 0.3) is 0 Å². The third kappa shape index (κ3) is 5.22. The van der Waals surface area contributed by atoms with Crippen LogP contribution in [0.2, 0.25) is 0 Å². The van der Waals surface area contributed by atoms with E-state index >= 15 is 0 Å². The molecule has 4 rings (SSSR count). The van der Waals surface area contributed by atoms with Crippen LogP contribution >= 0.6 is 0 Å². The number of rotatable bonds is 6. The maximum atomic E-state index is 13.0. The Balaban J connectivity index is 1.42. The van der Waals surface area contributed by atoms with Gasteiger partial charge in [0.2, 0.25) is 5.88 Å². The summed E-state index contributed by atoms with van der Waals surface area (Å²) in [5, 5.41) is 3.08. The highest BCUT2D eigenvalue weighted by atomic mass is 16.5. The Bertz CT molecular complexity index is 1150. The molecule has 0 spiro atoms. The molecule has 3 aromatic rings. The largest absolute Gasteiger partial charge is 0.493 e. The Labute approximate surface area is 200 Å². The van der Waals surface area contributed by atoms with Crippen LogP contribution in [0.3, 0.4) is 0 Å². The van der Waals surface area contributed by atoms with Crippen molar-refractivity contribution in [2.75, 3.05) is 37.0 Å². The van der Waals surface area contributed by atoms with Crippen molar-refractivity contribution in [1.29, 1.82) is 0 Å². The summed E-state index contributed by atoms with van der Waals surface area (Å²) in [5.41, 5.74) is 3.08. The molecule has 1 aromatic heterocycles. The van der Waals surface area contributed by atoms with Gasteiger partial charge in [-0.2, -0.15) is 0 Å².